The van der Waals surface area contributed by atoms with Gasteiger partial charge in [0, 0.05) is 38.4 Å². The van der Waals surface area contributed by atoms with Crippen molar-refractivity contribution in [3.8, 4) is 11.8 Å². The van der Waals surface area contributed by atoms with E-state index in [0.717, 1.165) is 39.1 Å². The zero-order valence-electron chi connectivity index (χ0n) is 13.6. The van der Waals surface area contributed by atoms with E-state index in [4.69, 9.17) is 0 Å². The van der Waals surface area contributed by atoms with E-state index in [9.17, 15) is 4.79 Å². The quantitative estimate of drug-likeness (QED) is 0.663. The Morgan fingerprint density at radius 3 is 2.50 bits per heavy atom. The number of rotatable bonds is 5. The van der Waals surface area contributed by atoms with Gasteiger partial charge in [0.25, 0.3) is 5.91 Å². The van der Waals surface area contributed by atoms with Crippen LogP contribution in [0.1, 0.15) is 18.9 Å². The first-order valence-corrected chi connectivity index (χ1v) is 7.93. The summed E-state index contributed by atoms with van der Waals surface area (Å²) in [7, 11) is 0. The van der Waals surface area contributed by atoms with E-state index in [0.29, 0.717) is 6.54 Å². The summed E-state index contributed by atoms with van der Waals surface area (Å²) in [6, 6.07) is 8.75. The predicted molar refractivity (Wildman–Crippen MR) is 90.9 cm³/mol. The van der Waals surface area contributed by atoms with Crippen LogP contribution in [-0.2, 0) is 4.79 Å². The number of aryl methyl sites for hydroxylation is 1. The Bertz CT molecular complexity index is 534. The molecule has 1 N–H and O–H groups in total. The number of nitrogens with zero attached hydrogens (tertiary/aromatic N) is 2. The van der Waals surface area contributed by atoms with Crippen LogP contribution in [0.5, 0.6) is 0 Å². The van der Waals surface area contributed by atoms with Gasteiger partial charge in [0.15, 0.2) is 0 Å². The smallest absolute Gasteiger partial charge is 0.295 e. The summed E-state index contributed by atoms with van der Waals surface area (Å²) >= 11 is 0. The molecule has 0 atom stereocenters. The highest BCUT2D eigenvalue weighted by Crippen LogP contribution is 2.17. The van der Waals surface area contributed by atoms with Crippen molar-refractivity contribution in [2.45, 2.75) is 20.3 Å². The second-order valence-electron chi connectivity index (χ2n) is 5.65. The fourth-order valence-electron chi connectivity index (χ4n) is 2.65. The van der Waals surface area contributed by atoms with Gasteiger partial charge in [-0.05, 0) is 44.9 Å². The van der Waals surface area contributed by atoms with Gasteiger partial charge in [-0.2, -0.15) is 0 Å². The van der Waals surface area contributed by atoms with Crippen LogP contribution in [0.4, 0.5) is 5.69 Å². The number of amides is 1. The standard InChI is InChI=1S/C18H25N3O/c1-3-5-18(22)19-10-4-11-20-12-14-21(15-13-20)17-8-6-16(2)7-9-17/h6-9H,4,10-15H2,1-2H3,(H,19,22). The molecule has 0 saturated carbocycles. The zero-order chi connectivity index (χ0) is 15.8. The summed E-state index contributed by atoms with van der Waals surface area (Å²) in [6.45, 7) is 9.81. The van der Waals surface area contributed by atoms with E-state index in [1.165, 1.54) is 11.3 Å². The van der Waals surface area contributed by atoms with Crippen molar-refractivity contribution in [2.24, 2.45) is 0 Å². The first-order chi connectivity index (χ1) is 10.7. The lowest BCUT2D eigenvalue weighted by Gasteiger charge is -2.36. The van der Waals surface area contributed by atoms with Gasteiger partial charge < -0.3 is 10.2 Å². The van der Waals surface area contributed by atoms with Crippen molar-refractivity contribution < 1.29 is 4.79 Å². The Labute approximate surface area is 133 Å². The van der Waals surface area contributed by atoms with Crippen LogP contribution in [-0.4, -0.2) is 50.1 Å². The van der Waals surface area contributed by atoms with Gasteiger partial charge in [-0.25, -0.2) is 0 Å². The molecule has 1 aliphatic rings. The topological polar surface area (TPSA) is 35.6 Å². The first kappa shape index (κ1) is 16.4. The van der Waals surface area contributed by atoms with Gasteiger partial charge in [0.2, 0.25) is 0 Å². The largest absolute Gasteiger partial charge is 0.369 e. The van der Waals surface area contributed by atoms with E-state index in [-0.39, 0.29) is 5.91 Å². The monoisotopic (exact) mass is 299 g/mol. The number of carbonyl (C=O) groups is 1. The zero-order valence-corrected chi connectivity index (χ0v) is 13.6. The molecule has 0 bridgehead atoms. The molecule has 1 heterocycles. The first-order valence-electron chi connectivity index (χ1n) is 7.93. The summed E-state index contributed by atoms with van der Waals surface area (Å²) in [5.74, 6) is 4.92. The minimum absolute atomic E-state index is 0.174. The predicted octanol–water partition coefficient (Wildman–Crippen LogP) is 1.65. The lowest BCUT2D eigenvalue weighted by Crippen LogP contribution is -2.47. The SMILES string of the molecule is CC#CC(=O)NCCCN1CCN(c2ccc(C)cc2)CC1. The van der Waals surface area contributed by atoms with Gasteiger partial charge in [0.05, 0.1) is 0 Å². The molecule has 0 unspecified atom stereocenters. The van der Waals surface area contributed by atoms with Gasteiger partial charge >= 0.3 is 0 Å². The van der Waals surface area contributed by atoms with Crippen molar-refractivity contribution >= 4 is 11.6 Å². The van der Waals surface area contributed by atoms with E-state index < -0.39 is 0 Å². The molecule has 0 aromatic heterocycles. The van der Waals surface area contributed by atoms with Gasteiger partial charge in [-0.1, -0.05) is 23.6 Å². The number of anilines is 1. The summed E-state index contributed by atoms with van der Waals surface area (Å²) < 4.78 is 0. The second-order valence-corrected chi connectivity index (χ2v) is 5.65. The average molecular weight is 299 g/mol. The molecule has 0 aliphatic carbocycles. The molecule has 0 radical (unpaired) electrons. The normalized spacial score (nSPS) is 15.1. The third-order valence-corrected chi connectivity index (χ3v) is 3.95. The van der Waals surface area contributed by atoms with E-state index in [2.05, 4.69) is 58.1 Å². The Balaban J connectivity index is 1.65. The maximum absolute atomic E-state index is 11.2. The Hall–Kier alpha value is -1.99. The summed E-state index contributed by atoms with van der Waals surface area (Å²) in [4.78, 5) is 16.1. The van der Waals surface area contributed by atoms with E-state index in [1.54, 1.807) is 6.92 Å². The molecule has 1 aromatic carbocycles. The molecule has 22 heavy (non-hydrogen) atoms. The Kier molecular flexibility index (Phi) is 6.29. The number of piperazine rings is 1. The lowest BCUT2D eigenvalue weighted by molar-refractivity contribution is -0.115. The molecule has 2 rings (SSSR count). The van der Waals surface area contributed by atoms with Crippen LogP contribution < -0.4 is 10.2 Å². The molecule has 1 saturated heterocycles. The van der Waals surface area contributed by atoms with Crippen LogP contribution in [0.3, 0.4) is 0 Å². The van der Waals surface area contributed by atoms with Gasteiger partial charge in [-0.3, -0.25) is 9.69 Å². The van der Waals surface area contributed by atoms with Gasteiger partial charge in [0.1, 0.15) is 0 Å². The van der Waals surface area contributed by atoms with Gasteiger partial charge in [-0.15, -0.1) is 0 Å². The minimum Gasteiger partial charge on any atom is -0.369 e. The molecule has 1 amide bonds. The molecule has 1 fully saturated rings. The van der Waals surface area contributed by atoms with Crippen LogP contribution in [0.2, 0.25) is 0 Å². The average Bonchev–Trinajstić information content (AvgIpc) is 2.53. The fourth-order valence-corrected chi connectivity index (χ4v) is 2.65. The molecule has 1 aromatic rings. The summed E-state index contributed by atoms with van der Waals surface area (Å²) in [5.41, 5.74) is 2.62. The Morgan fingerprint density at radius 1 is 1.18 bits per heavy atom. The maximum atomic E-state index is 11.2. The molecular weight excluding hydrogens is 274 g/mol. The highest BCUT2D eigenvalue weighted by Gasteiger charge is 2.16. The molecule has 118 valence electrons. The van der Waals surface area contributed by atoms with Crippen LogP contribution in [0, 0.1) is 18.8 Å². The maximum Gasteiger partial charge on any atom is 0.295 e. The van der Waals surface area contributed by atoms with Crippen LogP contribution >= 0.6 is 0 Å². The highest BCUT2D eigenvalue weighted by molar-refractivity contribution is 5.93. The number of carbonyl (C=O) groups excluding carboxylic acids is 1. The van der Waals surface area contributed by atoms with E-state index >= 15 is 0 Å². The van der Waals surface area contributed by atoms with Crippen LogP contribution in [0.15, 0.2) is 24.3 Å². The molecule has 4 nitrogen and oxygen atoms in total. The van der Waals surface area contributed by atoms with Crippen molar-refractivity contribution in [3.05, 3.63) is 29.8 Å². The number of hydrogen-bond donors (Lipinski definition) is 1. The van der Waals surface area contributed by atoms with Crippen molar-refractivity contribution in [1.82, 2.24) is 10.2 Å². The van der Waals surface area contributed by atoms with E-state index in [1.807, 2.05) is 0 Å². The third-order valence-electron chi connectivity index (χ3n) is 3.95. The summed E-state index contributed by atoms with van der Waals surface area (Å²) in [5, 5.41) is 2.81. The molecule has 4 heteroatoms. The number of hydrogen-bond acceptors (Lipinski definition) is 3. The lowest BCUT2D eigenvalue weighted by atomic mass is 10.2. The minimum atomic E-state index is -0.174. The molecular formula is C18H25N3O. The second kappa shape index (κ2) is 8.45. The Morgan fingerprint density at radius 2 is 1.86 bits per heavy atom. The molecule has 0 spiro atoms. The van der Waals surface area contributed by atoms with Crippen molar-refractivity contribution in [3.63, 3.8) is 0 Å². The fraction of sp³-hybridized carbons (Fsp3) is 0.500. The van der Waals surface area contributed by atoms with Crippen LogP contribution in [0.25, 0.3) is 0 Å². The number of nitrogens with one attached hydrogen (secondary N) is 1. The molecule has 1 aliphatic heterocycles. The van der Waals surface area contributed by atoms with Crippen molar-refractivity contribution in [1.29, 1.82) is 0 Å². The van der Waals surface area contributed by atoms with Crippen molar-refractivity contribution in [2.75, 3.05) is 44.2 Å². The highest BCUT2D eigenvalue weighted by atomic mass is 16.1. The third kappa shape index (κ3) is 5.09. The summed E-state index contributed by atoms with van der Waals surface area (Å²) in [6.07, 6.45) is 0.974. The number of benzene rings is 1.